The van der Waals surface area contributed by atoms with Crippen LogP contribution in [0.3, 0.4) is 0 Å². The van der Waals surface area contributed by atoms with Crippen LogP contribution in [0.15, 0.2) is 224 Å². The van der Waals surface area contributed by atoms with Gasteiger partial charge in [0.2, 0.25) is 0 Å². The van der Waals surface area contributed by atoms with E-state index in [1.807, 2.05) is 121 Å². The lowest BCUT2D eigenvalue weighted by Crippen LogP contribution is -2.05. The zero-order valence-corrected chi connectivity index (χ0v) is 35.0. The Morgan fingerprint density at radius 3 is 1.28 bits per heavy atom. The van der Waals surface area contributed by atoms with Gasteiger partial charge < -0.3 is 4.57 Å². The lowest BCUT2D eigenvalue weighted by Gasteiger charge is -2.16. The molecule has 0 bridgehead atoms. The van der Waals surface area contributed by atoms with Gasteiger partial charge in [-0.25, -0.2) is 29.9 Å². The maximum Gasteiger partial charge on any atom is 0.166 e. The third kappa shape index (κ3) is 6.98. The fourth-order valence-corrected chi connectivity index (χ4v) is 8.79. The van der Waals surface area contributed by atoms with Crippen LogP contribution in [0.2, 0.25) is 0 Å². The van der Waals surface area contributed by atoms with Crippen LogP contribution in [-0.4, -0.2) is 34.5 Å². The van der Waals surface area contributed by atoms with Gasteiger partial charge in [0.1, 0.15) is 0 Å². The number of benzene rings is 9. The van der Waals surface area contributed by atoms with Gasteiger partial charge in [-0.3, -0.25) is 0 Å². The molecule has 0 spiro atoms. The topological polar surface area (TPSA) is 82.3 Å². The molecule has 0 aliphatic heterocycles. The van der Waals surface area contributed by atoms with Crippen LogP contribution in [0.25, 0.3) is 118 Å². The smallest absolute Gasteiger partial charge is 0.166 e. The van der Waals surface area contributed by atoms with E-state index in [-0.39, 0.29) is 0 Å². The highest BCUT2D eigenvalue weighted by Crippen LogP contribution is 2.42. The van der Waals surface area contributed by atoms with Crippen molar-refractivity contribution in [1.29, 1.82) is 0 Å². The molecular formula is C58H37N7. The first kappa shape index (κ1) is 37.8. The Bertz CT molecular complexity index is 3590. The second-order valence-electron chi connectivity index (χ2n) is 15.9. The third-order valence-electron chi connectivity index (χ3n) is 11.9. The number of para-hydroxylation sites is 1. The van der Waals surface area contributed by atoms with Gasteiger partial charge in [0, 0.05) is 44.2 Å². The molecule has 0 saturated carbocycles. The highest BCUT2D eigenvalue weighted by Gasteiger charge is 2.23. The average Bonchev–Trinajstić information content (AvgIpc) is 3.73. The first-order valence-corrected chi connectivity index (χ1v) is 21.6. The standard InChI is InChI=1S/C58H37N7/c1-5-19-39(20-6-1)53-59-54(40-21-7-2-8-22-40)62-57(61-53)45-34-35-50(48(37-45)58-63-55(41-23-9-3-10-24-41)60-56(64-58)42-25-11-4-12-26-42)65-49-30-16-15-28-47(49)52-46(29-17-31-51(52)65)44-33-32-38-18-13-14-27-43(38)36-44/h1-37H. The van der Waals surface area contributed by atoms with Gasteiger partial charge in [0.05, 0.1) is 16.7 Å². The number of nitrogens with zero attached hydrogens (tertiary/aromatic N) is 7. The van der Waals surface area contributed by atoms with Crippen LogP contribution in [-0.2, 0) is 0 Å². The summed E-state index contributed by atoms with van der Waals surface area (Å²) in [4.78, 5) is 30.9. The van der Waals surface area contributed by atoms with E-state index in [0.29, 0.717) is 34.9 Å². The second-order valence-corrected chi connectivity index (χ2v) is 15.9. The van der Waals surface area contributed by atoms with Gasteiger partial charge in [-0.15, -0.1) is 0 Å². The first-order valence-electron chi connectivity index (χ1n) is 21.6. The highest BCUT2D eigenvalue weighted by atomic mass is 15.1. The molecular weight excluding hydrogens is 795 g/mol. The van der Waals surface area contributed by atoms with Gasteiger partial charge in [0.15, 0.2) is 34.9 Å². The SMILES string of the molecule is c1ccc(-c2nc(-c3ccccc3)nc(-c3ccc(-n4c5ccccc5c5c(-c6ccc7ccccc7c6)cccc54)c(-c4nc(-c5ccccc5)nc(-c5ccccc5)n4)c3)n2)cc1. The summed E-state index contributed by atoms with van der Waals surface area (Å²) in [6.07, 6.45) is 0. The van der Waals surface area contributed by atoms with E-state index in [4.69, 9.17) is 29.9 Å². The summed E-state index contributed by atoms with van der Waals surface area (Å²) in [5, 5.41) is 4.72. The predicted molar refractivity (Wildman–Crippen MR) is 263 cm³/mol. The molecule has 0 aliphatic carbocycles. The van der Waals surface area contributed by atoms with Crippen LogP contribution in [0, 0.1) is 0 Å². The van der Waals surface area contributed by atoms with Crippen molar-refractivity contribution in [2.75, 3.05) is 0 Å². The molecule has 3 heterocycles. The fourth-order valence-electron chi connectivity index (χ4n) is 8.79. The van der Waals surface area contributed by atoms with Crippen molar-refractivity contribution in [3.63, 3.8) is 0 Å². The monoisotopic (exact) mass is 831 g/mol. The van der Waals surface area contributed by atoms with E-state index in [2.05, 4.69) is 108 Å². The first-order chi connectivity index (χ1) is 32.2. The predicted octanol–water partition coefficient (Wildman–Crippen LogP) is 14.0. The Kier molecular flexibility index (Phi) is 9.34. The van der Waals surface area contributed by atoms with Crippen LogP contribution < -0.4 is 0 Å². The maximum atomic E-state index is 5.30. The van der Waals surface area contributed by atoms with Gasteiger partial charge in [-0.2, -0.15) is 0 Å². The molecule has 0 saturated heterocycles. The Hall–Kier alpha value is -8.94. The number of fused-ring (bicyclic) bond motifs is 4. The average molecular weight is 832 g/mol. The Balaban J connectivity index is 1.15. The molecule has 9 aromatic carbocycles. The summed E-state index contributed by atoms with van der Waals surface area (Å²) in [6.45, 7) is 0. The normalized spacial score (nSPS) is 11.4. The summed E-state index contributed by atoms with van der Waals surface area (Å²) in [5.74, 6) is 3.37. The molecule has 0 N–H and O–H groups in total. The number of hydrogen-bond acceptors (Lipinski definition) is 6. The lowest BCUT2D eigenvalue weighted by atomic mass is 9.97. The van der Waals surface area contributed by atoms with Crippen LogP contribution >= 0.6 is 0 Å². The molecule has 65 heavy (non-hydrogen) atoms. The molecule has 0 atom stereocenters. The number of hydrogen-bond donors (Lipinski definition) is 0. The van der Waals surface area contributed by atoms with Crippen LogP contribution in [0.1, 0.15) is 0 Å². The minimum atomic E-state index is 0.520. The largest absolute Gasteiger partial charge is 0.308 e. The molecule has 12 aromatic rings. The number of rotatable bonds is 8. The molecule has 0 unspecified atom stereocenters. The Labute approximate surface area is 375 Å². The quantitative estimate of drug-likeness (QED) is 0.152. The van der Waals surface area contributed by atoms with E-state index in [9.17, 15) is 0 Å². The third-order valence-corrected chi connectivity index (χ3v) is 11.9. The molecule has 7 heteroatoms. The molecule has 12 rings (SSSR count). The molecule has 0 radical (unpaired) electrons. The summed E-state index contributed by atoms with van der Waals surface area (Å²) < 4.78 is 2.35. The summed E-state index contributed by atoms with van der Waals surface area (Å²) in [6, 6.07) is 77.1. The van der Waals surface area contributed by atoms with Gasteiger partial charge in [-0.05, 0) is 58.3 Å². The van der Waals surface area contributed by atoms with E-state index in [1.54, 1.807) is 0 Å². The van der Waals surface area contributed by atoms with E-state index in [0.717, 1.165) is 72.0 Å². The summed E-state index contributed by atoms with van der Waals surface area (Å²) in [7, 11) is 0. The molecule has 0 fully saturated rings. The van der Waals surface area contributed by atoms with Gasteiger partial charge >= 0.3 is 0 Å². The van der Waals surface area contributed by atoms with Crippen molar-refractivity contribution in [3.8, 4) is 85.1 Å². The Morgan fingerprint density at radius 1 is 0.262 bits per heavy atom. The fraction of sp³-hybridized carbons (Fsp3) is 0. The minimum Gasteiger partial charge on any atom is -0.308 e. The molecule has 0 amide bonds. The van der Waals surface area contributed by atoms with Crippen molar-refractivity contribution in [3.05, 3.63) is 224 Å². The van der Waals surface area contributed by atoms with Crippen molar-refractivity contribution in [2.24, 2.45) is 0 Å². The zero-order chi connectivity index (χ0) is 43.1. The molecule has 304 valence electrons. The molecule has 7 nitrogen and oxygen atoms in total. The van der Waals surface area contributed by atoms with Crippen LogP contribution in [0.4, 0.5) is 0 Å². The number of aromatic nitrogens is 7. The van der Waals surface area contributed by atoms with Crippen molar-refractivity contribution in [2.45, 2.75) is 0 Å². The van der Waals surface area contributed by atoms with E-state index in [1.165, 1.54) is 10.8 Å². The second kappa shape index (κ2) is 16.1. The summed E-state index contributed by atoms with van der Waals surface area (Å²) in [5.41, 5.74) is 10.5. The summed E-state index contributed by atoms with van der Waals surface area (Å²) >= 11 is 0. The Morgan fingerprint density at radius 2 is 0.708 bits per heavy atom. The molecule has 3 aromatic heterocycles. The van der Waals surface area contributed by atoms with Crippen molar-refractivity contribution in [1.82, 2.24) is 34.5 Å². The van der Waals surface area contributed by atoms with Crippen molar-refractivity contribution >= 4 is 32.6 Å². The maximum absolute atomic E-state index is 5.30. The van der Waals surface area contributed by atoms with Gasteiger partial charge in [0.25, 0.3) is 0 Å². The van der Waals surface area contributed by atoms with E-state index < -0.39 is 0 Å². The lowest BCUT2D eigenvalue weighted by molar-refractivity contribution is 1.06. The minimum absolute atomic E-state index is 0.520. The van der Waals surface area contributed by atoms with Crippen LogP contribution in [0.5, 0.6) is 0 Å². The molecule has 0 aliphatic rings. The van der Waals surface area contributed by atoms with Crippen molar-refractivity contribution < 1.29 is 0 Å². The van der Waals surface area contributed by atoms with Gasteiger partial charge in [-0.1, -0.05) is 188 Å². The van der Waals surface area contributed by atoms with E-state index >= 15 is 0 Å². The zero-order valence-electron chi connectivity index (χ0n) is 35.0. The highest BCUT2D eigenvalue weighted by molar-refractivity contribution is 6.16.